The fraction of sp³-hybridized carbons (Fsp3) is 1.00. The molecule has 1 rings (SSSR count). The van der Waals surface area contributed by atoms with Crippen LogP contribution in [-0.2, 0) is 14.6 Å². The molecule has 1 aliphatic heterocycles. The first-order valence-electron chi connectivity index (χ1n) is 6.15. The standard InChI is InChI=1S/C11H23NO3S/c1-2-7-15-8-3-6-12-11-4-9-16(13,14)10-5-11/h11-12H,2-10H2,1H3. The summed E-state index contributed by atoms with van der Waals surface area (Å²) in [6.45, 7) is 4.66. The number of ether oxygens (including phenoxy) is 1. The molecule has 0 aromatic rings. The molecule has 0 aromatic carbocycles. The van der Waals surface area contributed by atoms with Crippen LogP contribution in [0.2, 0.25) is 0 Å². The molecule has 0 radical (unpaired) electrons. The van der Waals surface area contributed by atoms with Gasteiger partial charge in [0.25, 0.3) is 0 Å². The van der Waals surface area contributed by atoms with Gasteiger partial charge in [-0.15, -0.1) is 0 Å². The fourth-order valence-electron chi connectivity index (χ4n) is 1.82. The molecular formula is C11H23NO3S. The average Bonchev–Trinajstić information content (AvgIpc) is 2.25. The Morgan fingerprint density at radius 2 is 1.94 bits per heavy atom. The van der Waals surface area contributed by atoms with Crippen LogP contribution >= 0.6 is 0 Å². The van der Waals surface area contributed by atoms with Gasteiger partial charge in [-0.05, 0) is 32.2 Å². The normalized spacial score (nSPS) is 21.1. The molecule has 1 aliphatic rings. The largest absolute Gasteiger partial charge is 0.381 e. The van der Waals surface area contributed by atoms with Crippen molar-refractivity contribution in [3.8, 4) is 0 Å². The third-order valence-corrected chi connectivity index (χ3v) is 4.52. The predicted octanol–water partition coefficient (Wildman–Crippen LogP) is 0.970. The van der Waals surface area contributed by atoms with Crippen LogP contribution in [0, 0.1) is 0 Å². The molecule has 0 saturated carbocycles. The number of sulfone groups is 1. The minimum absolute atomic E-state index is 0.344. The van der Waals surface area contributed by atoms with Gasteiger partial charge in [0.2, 0.25) is 0 Å². The first-order valence-corrected chi connectivity index (χ1v) is 7.98. The van der Waals surface area contributed by atoms with Crippen LogP contribution in [0.5, 0.6) is 0 Å². The van der Waals surface area contributed by atoms with Crippen LogP contribution in [0.4, 0.5) is 0 Å². The average molecular weight is 249 g/mol. The minimum Gasteiger partial charge on any atom is -0.381 e. The van der Waals surface area contributed by atoms with Crippen LogP contribution < -0.4 is 5.32 Å². The monoisotopic (exact) mass is 249 g/mol. The number of rotatable bonds is 7. The van der Waals surface area contributed by atoms with E-state index in [1.165, 1.54) is 0 Å². The van der Waals surface area contributed by atoms with Crippen molar-refractivity contribution in [2.75, 3.05) is 31.3 Å². The van der Waals surface area contributed by atoms with Gasteiger partial charge in [-0.1, -0.05) is 6.92 Å². The molecule has 16 heavy (non-hydrogen) atoms. The second-order valence-electron chi connectivity index (χ2n) is 4.35. The summed E-state index contributed by atoms with van der Waals surface area (Å²) < 4.78 is 27.8. The second kappa shape index (κ2) is 7.25. The van der Waals surface area contributed by atoms with E-state index in [1.807, 2.05) is 0 Å². The van der Waals surface area contributed by atoms with E-state index >= 15 is 0 Å². The lowest BCUT2D eigenvalue weighted by Crippen LogP contribution is -2.38. The molecule has 1 fully saturated rings. The minimum atomic E-state index is -2.72. The Balaban J connectivity index is 1.98. The highest BCUT2D eigenvalue weighted by Crippen LogP contribution is 2.11. The SMILES string of the molecule is CCCOCCCNC1CCS(=O)(=O)CC1. The molecule has 96 valence electrons. The first-order chi connectivity index (χ1) is 7.64. The van der Waals surface area contributed by atoms with E-state index < -0.39 is 9.84 Å². The van der Waals surface area contributed by atoms with Crippen molar-refractivity contribution in [3.05, 3.63) is 0 Å². The van der Waals surface area contributed by atoms with E-state index in [1.54, 1.807) is 0 Å². The van der Waals surface area contributed by atoms with Gasteiger partial charge in [-0.3, -0.25) is 0 Å². The van der Waals surface area contributed by atoms with Crippen molar-refractivity contribution < 1.29 is 13.2 Å². The van der Waals surface area contributed by atoms with E-state index in [4.69, 9.17) is 4.74 Å². The highest BCUT2D eigenvalue weighted by atomic mass is 32.2. The summed E-state index contributed by atoms with van der Waals surface area (Å²) in [5, 5.41) is 3.39. The Morgan fingerprint density at radius 3 is 2.56 bits per heavy atom. The van der Waals surface area contributed by atoms with E-state index in [0.29, 0.717) is 17.5 Å². The van der Waals surface area contributed by atoms with Gasteiger partial charge in [0.05, 0.1) is 11.5 Å². The van der Waals surface area contributed by atoms with Gasteiger partial charge in [-0.2, -0.15) is 0 Å². The lowest BCUT2D eigenvalue weighted by Gasteiger charge is -2.23. The molecule has 5 heteroatoms. The molecule has 0 amide bonds. The maximum Gasteiger partial charge on any atom is 0.150 e. The van der Waals surface area contributed by atoms with Crippen LogP contribution in [-0.4, -0.2) is 45.7 Å². The maximum atomic E-state index is 11.2. The van der Waals surface area contributed by atoms with Gasteiger partial charge >= 0.3 is 0 Å². The predicted molar refractivity (Wildman–Crippen MR) is 65.4 cm³/mol. The maximum absolute atomic E-state index is 11.2. The Hall–Kier alpha value is -0.130. The molecule has 0 unspecified atom stereocenters. The summed E-state index contributed by atoms with van der Waals surface area (Å²) in [6, 6.07) is 0.384. The van der Waals surface area contributed by atoms with Gasteiger partial charge < -0.3 is 10.1 Å². The molecule has 1 heterocycles. The molecule has 0 atom stereocenters. The molecule has 0 aliphatic carbocycles. The quantitative estimate of drug-likeness (QED) is 0.683. The van der Waals surface area contributed by atoms with Crippen LogP contribution in [0.25, 0.3) is 0 Å². The van der Waals surface area contributed by atoms with Crippen molar-refractivity contribution in [2.45, 2.75) is 38.6 Å². The van der Waals surface area contributed by atoms with Gasteiger partial charge in [0, 0.05) is 19.3 Å². The molecule has 0 bridgehead atoms. The van der Waals surface area contributed by atoms with E-state index in [2.05, 4.69) is 12.2 Å². The Morgan fingerprint density at radius 1 is 1.25 bits per heavy atom. The van der Waals surface area contributed by atoms with E-state index in [0.717, 1.165) is 45.4 Å². The molecule has 1 saturated heterocycles. The van der Waals surface area contributed by atoms with Crippen molar-refractivity contribution in [1.29, 1.82) is 0 Å². The summed E-state index contributed by atoms with van der Waals surface area (Å²) in [5.74, 6) is 0.688. The third kappa shape index (κ3) is 5.82. The number of nitrogens with one attached hydrogen (secondary N) is 1. The molecule has 0 spiro atoms. The zero-order chi connectivity index (χ0) is 11.9. The van der Waals surface area contributed by atoms with Gasteiger partial charge in [0.15, 0.2) is 0 Å². The highest BCUT2D eigenvalue weighted by molar-refractivity contribution is 7.91. The number of hydrogen-bond donors (Lipinski definition) is 1. The summed E-state index contributed by atoms with van der Waals surface area (Å²) in [4.78, 5) is 0. The topological polar surface area (TPSA) is 55.4 Å². The molecular weight excluding hydrogens is 226 g/mol. The van der Waals surface area contributed by atoms with Gasteiger partial charge in [0.1, 0.15) is 9.84 Å². The van der Waals surface area contributed by atoms with Crippen LogP contribution in [0.15, 0.2) is 0 Å². The summed E-state index contributed by atoms with van der Waals surface area (Å²) in [5.41, 5.74) is 0. The highest BCUT2D eigenvalue weighted by Gasteiger charge is 2.22. The lowest BCUT2D eigenvalue weighted by atomic mass is 10.1. The molecule has 1 N–H and O–H groups in total. The Bertz CT molecular complexity index is 263. The summed E-state index contributed by atoms with van der Waals surface area (Å²) in [6.07, 6.45) is 3.59. The van der Waals surface area contributed by atoms with Crippen LogP contribution in [0.3, 0.4) is 0 Å². The molecule has 0 aromatic heterocycles. The first kappa shape index (κ1) is 13.9. The summed E-state index contributed by atoms with van der Waals surface area (Å²) >= 11 is 0. The van der Waals surface area contributed by atoms with Crippen molar-refractivity contribution >= 4 is 9.84 Å². The van der Waals surface area contributed by atoms with E-state index in [-0.39, 0.29) is 0 Å². The van der Waals surface area contributed by atoms with Crippen molar-refractivity contribution in [1.82, 2.24) is 5.32 Å². The van der Waals surface area contributed by atoms with Crippen molar-refractivity contribution in [2.24, 2.45) is 0 Å². The smallest absolute Gasteiger partial charge is 0.150 e. The van der Waals surface area contributed by atoms with E-state index in [9.17, 15) is 8.42 Å². The zero-order valence-corrected chi connectivity index (χ0v) is 10.9. The third-order valence-electron chi connectivity index (χ3n) is 2.80. The molecule has 4 nitrogen and oxygen atoms in total. The van der Waals surface area contributed by atoms with Crippen molar-refractivity contribution in [3.63, 3.8) is 0 Å². The fourth-order valence-corrected chi connectivity index (χ4v) is 3.31. The Kier molecular flexibility index (Phi) is 6.31. The van der Waals surface area contributed by atoms with Crippen LogP contribution in [0.1, 0.15) is 32.6 Å². The lowest BCUT2D eigenvalue weighted by molar-refractivity contribution is 0.131. The number of hydrogen-bond acceptors (Lipinski definition) is 4. The Labute approximate surface area is 98.7 Å². The second-order valence-corrected chi connectivity index (χ2v) is 6.65. The summed E-state index contributed by atoms with van der Waals surface area (Å²) in [7, 11) is -2.72. The van der Waals surface area contributed by atoms with Gasteiger partial charge in [-0.25, -0.2) is 8.42 Å². The zero-order valence-electron chi connectivity index (χ0n) is 10.1.